The van der Waals surface area contributed by atoms with Crippen LogP contribution in [0.25, 0.3) is 0 Å². The highest BCUT2D eigenvalue weighted by atomic mass is 15.1. The molecule has 0 aliphatic heterocycles. The highest BCUT2D eigenvalue weighted by Gasteiger charge is 2.40. The van der Waals surface area contributed by atoms with Crippen LogP contribution >= 0.6 is 0 Å². The summed E-state index contributed by atoms with van der Waals surface area (Å²) < 4.78 is 0. The standard InChI is InChI=1S/C15H30N2/c1-3-5-11-17(4-2)12-10-16-15(13-6-7-13)14-8-9-14/h13-16H,3-12H2,1-2H3. The van der Waals surface area contributed by atoms with E-state index >= 15 is 0 Å². The number of likely N-dealkylation sites (N-methyl/N-ethyl adjacent to an activating group) is 1. The molecule has 0 aromatic heterocycles. The molecule has 0 aromatic carbocycles. The van der Waals surface area contributed by atoms with Crippen molar-refractivity contribution in [2.45, 2.75) is 58.4 Å². The fourth-order valence-corrected chi connectivity index (χ4v) is 2.83. The maximum absolute atomic E-state index is 3.84. The fourth-order valence-electron chi connectivity index (χ4n) is 2.83. The van der Waals surface area contributed by atoms with E-state index in [2.05, 4.69) is 24.1 Å². The van der Waals surface area contributed by atoms with Gasteiger partial charge in [-0.05, 0) is 57.0 Å². The summed E-state index contributed by atoms with van der Waals surface area (Å²) >= 11 is 0. The third-order valence-electron chi connectivity index (χ3n) is 4.34. The summed E-state index contributed by atoms with van der Waals surface area (Å²) in [5, 5.41) is 3.84. The molecule has 0 atom stereocenters. The van der Waals surface area contributed by atoms with Crippen molar-refractivity contribution < 1.29 is 0 Å². The van der Waals surface area contributed by atoms with Crippen LogP contribution in [0.3, 0.4) is 0 Å². The third-order valence-corrected chi connectivity index (χ3v) is 4.34. The first kappa shape index (κ1) is 13.4. The van der Waals surface area contributed by atoms with Gasteiger partial charge in [0.15, 0.2) is 0 Å². The van der Waals surface area contributed by atoms with Crippen LogP contribution in [-0.2, 0) is 0 Å². The van der Waals surface area contributed by atoms with E-state index in [1.54, 1.807) is 0 Å². The van der Waals surface area contributed by atoms with Gasteiger partial charge in [-0.25, -0.2) is 0 Å². The van der Waals surface area contributed by atoms with Crippen molar-refractivity contribution in [1.82, 2.24) is 10.2 Å². The smallest absolute Gasteiger partial charge is 0.0124 e. The quantitative estimate of drug-likeness (QED) is 0.629. The minimum absolute atomic E-state index is 0.875. The van der Waals surface area contributed by atoms with E-state index in [9.17, 15) is 0 Å². The average Bonchev–Trinajstić information content (AvgIpc) is 3.20. The molecule has 2 rings (SSSR count). The van der Waals surface area contributed by atoms with E-state index in [1.165, 1.54) is 64.7 Å². The molecule has 0 spiro atoms. The largest absolute Gasteiger partial charge is 0.312 e. The fraction of sp³-hybridized carbons (Fsp3) is 1.00. The Morgan fingerprint density at radius 2 is 1.71 bits per heavy atom. The molecule has 0 amide bonds. The molecule has 0 bridgehead atoms. The Labute approximate surface area is 107 Å². The van der Waals surface area contributed by atoms with Crippen LogP contribution in [0.2, 0.25) is 0 Å². The summed E-state index contributed by atoms with van der Waals surface area (Å²) in [5.74, 6) is 2.07. The molecule has 2 fully saturated rings. The van der Waals surface area contributed by atoms with Gasteiger partial charge in [0.25, 0.3) is 0 Å². The van der Waals surface area contributed by atoms with Gasteiger partial charge in [0, 0.05) is 19.1 Å². The van der Waals surface area contributed by atoms with Gasteiger partial charge in [0.1, 0.15) is 0 Å². The van der Waals surface area contributed by atoms with Gasteiger partial charge in [0.05, 0.1) is 0 Å². The van der Waals surface area contributed by atoms with Gasteiger partial charge in [-0.15, -0.1) is 0 Å². The number of hydrogen-bond acceptors (Lipinski definition) is 2. The minimum atomic E-state index is 0.875. The van der Waals surface area contributed by atoms with E-state index in [1.807, 2.05) is 0 Å². The Morgan fingerprint density at radius 1 is 1.06 bits per heavy atom. The van der Waals surface area contributed by atoms with Crippen molar-refractivity contribution in [3.63, 3.8) is 0 Å². The van der Waals surface area contributed by atoms with Crippen LogP contribution in [0.5, 0.6) is 0 Å². The number of hydrogen-bond donors (Lipinski definition) is 1. The van der Waals surface area contributed by atoms with Crippen LogP contribution in [0.4, 0.5) is 0 Å². The third kappa shape index (κ3) is 4.59. The summed E-state index contributed by atoms with van der Waals surface area (Å²) in [5.41, 5.74) is 0. The number of unbranched alkanes of at least 4 members (excludes halogenated alkanes) is 1. The Hall–Kier alpha value is -0.0800. The van der Waals surface area contributed by atoms with E-state index in [0.29, 0.717) is 0 Å². The number of nitrogens with zero attached hydrogens (tertiary/aromatic N) is 1. The van der Waals surface area contributed by atoms with E-state index < -0.39 is 0 Å². The van der Waals surface area contributed by atoms with E-state index in [0.717, 1.165) is 17.9 Å². The first-order valence-electron chi connectivity index (χ1n) is 7.80. The zero-order valence-corrected chi connectivity index (χ0v) is 11.8. The van der Waals surface area contributed by atoms with E-state index in [4.69, 9.17) is 0 Å². The maximum Gasteiger partial charge on any atom is 0.0124 e. The average molecular weight is 238 g/mol. The summed E-state index contributed by atoms with van der Waals surface area (Å²) in [6.45, 7) is 9.50. The molecule has 2 heteroatoms. The zero-order chi connectivity index (χ0) is 12.1. The molecule has 0 aromatic rings. The Morgan fingerprint density at radius 3 is 2.18 bits per heavy atom. The minimum Gasteiger partial charge on any atom is -0.312 e. The lowest BCUT2D eigenvalue weighted by Crippen LogP contribution is -2.39. The predicted octanol–water partition coefficient (Wildman–Crippen LogP) is 2.89. The van der Waals surface area contributed by atoms with Gasteiger partial charge < -0.3 is 10.2 Å². The second kappa shape index (κ2) is 6.75. The van der Waals surface area contributed by atoms with Crippen LogP contribution in [0.1, 0.15) is 52.4 Å². The molecule has 2 aliphatic rings. The first-order chi connectivity index (χ1) is 8.35. The van der Waals surface area contributed by atoms with Gasteiger partial charge in [-0.1, -0.05) is 20.3 Å². The monoisotopic (exact) mass is 238 g/mol. The van der Waals surface area contributed by atoms with E-state index in [-0.39, 0.29) is 0 Å². The molecule has 2 saturated carbocycles. The Kier molecular flexibility index (Phi) is 5.30. The molecule has 100 valence electrons. The summed E-state index contributed by atoms with van der Waals surface area (Å²) in [6.07, 6.45) is 8.62. The second-order valence-corrected chi connectivity index (χ2v) is 5.94. The molecular weight excluding hydrogens is 208 g/mol. The molecule has 2 aliphatic carbocycles. The van der Waals surface area contributed by atoms with Crippen LogP contribution < -0.4 is 5.32 Å². The summed E-state index contributed by atoms with van der Waals surface area (Å²) in [4.78, 5) is 2.59. The highest BCUT2D eigenvalue weighted by Crippen LogP contribution is 2.44. The molecule has 0 unspecified atom stereocenters. The molecule has 0 saturated heterocycles. The van der Waals surface area contributed by atoms with Gasteiger partial charge in [0.2, 0.25) is 0 Å². The van der Waals surface area contributed by atoms with Crippen molar-refractivity contribution in [2.24, 2.45) is 11.8 Å². The number of nitrogens with one attached hydrogen (secondary N) is 1. The first-order valence-corrected chi connectivity index (χ1v) is 7.80. The van der Waals surface area contributed by atoms with Crippen molar-refractivity contribution >= 4 is 0 Å². The zero-order valence-electron chi connectivity index (χ0n) is 11.8. The highest BCUT2D eigenvalue weighted by molar-refractivity contribution is 4.96. The second-order valence-electron chi connectivity index (χ2n) is 5.94. The lowest BCUT2D eigenvalue weighted by molar-refractivity contribution is 0.271. The molecule has 0 heterocycles. The predicted molar refractivity (Wildman–Crippen MR) is 74.3 cm³/mol. The normalized spacial score (nSPS) is 20.5. The van der Waals surface area contributed by atoms with Crippen LogP contribution in [0.15, 0.2) is 0 Å². The maximum atomic E-state index is 3.84. The number of rotatable bonds is 10. The van der Waals surface area contributed by atoms with Crippen molar-refractivity contribution in [2.75, 3.05) is 26.2 Å². The van der Waals surface area contributed by atoms with Crippen molar-refractivity contribution in [3.8, 4) is 0 Å². The topological polar surface area (TPSA) is 15.3 Å². The van der Waals surface area contributed by atoms with Crippen LogP contribution in [-0.4, -0.2) is 37.1 Å². The lowest BCUT2D eigenvalue weighted by atomic mass is 10.1. The molecule has 2 nitrogen and oxygen atoms in total. The van der Waals surface area contributed by atoms with Crippen molar-refractivity contribution in [1.29, 1.82) is 0 Å². The van der Waals surface area contributed by atoms with Gasteiger partial charge in [-0.2, -0.15) is 0 Å². The van der Waals surface area contributed by atoms with Crippen LogP contribution in [0, 0.1) is 11.8 Å². The van der Waals surface area contributed by atoms with Crippen molar-refractivity contribution in [3.05, 3.63) is 0 Å². The molecular formula is C15H30N2. The molecule has 1 N–H and O–H groups in total. The lowest BCUT2D eigenvalue weighted by Gasteiger charge is -2.23. The molecule has 17 heavy (non-hydrogen) atoms. The van der Waals surface area contributed by atoms with Gasteiger partial charge >= 0.3 is 0 Å². The Balaban J connectivity index is 1.59. The molecule has 0 radical (unpaired) electrons. The SMILES string of the molecule is CCCCN(CC)CCNC(C1CC1)C1CC1. The summed E-state index contributed by atoms with van der Waals surface area (Å²) in [6, 6.07) is 0.875. The van der Waals surface area contributed by atoms with Gasteiger partial charge in [-0.3, -0.25) is 0 Å². The summed E-state index contributed by atoms with van der Waals surface area (Å²) in [7, 11) is 0. The Bertz CT molecular complexity index is 197.